The predicted octanol–water partition coefficient (Wildman–Crippen LogP) is 2.49. The lowest BCUT2D eigenvalue weighted by molar-refractivity contribution is -0.161. The van der Waals surface area contributed by atoms with E-state index in [4.69, 9.17) is 9.47 Å². The van der Waals surface area contributed by atoms with Crippen molar-refractivity contribution in [3.05, 3.63) is 35.9 Å². The van der Waals surface area contributed by atoms with Crippen molar-refractivity contribution in [3.63, 3.8) is 0 Å². The zero-order valence-corrected chi connectivity index (χ0v) is 14.3. The van der Waals surface area contributed by atoms with Gasteiger partial charge in [-0.25, -0.2) is 9.59 Å². The van der Waals surface area contributed by atoms with Crippen LogP contribution >= 0.6 is 0 Å². The zero-order valence-electron chi connectivity index (χ0n) is 14.3. The Morgan fingerprint density at radius 2 is 1.67 bits per heavy atom. The lowest BCUT2D eigenvalue weighted by atomic mass is 9.98. The molecule has 7 heteroatoms. The summed E-state index contributed by atoms with van der Waals surface area (Å²) in [5, 5.41) is 11.6. The van der Waals surface area contributed by atoms with Gasteiger partial charge in [0.2, 0.25) is 0 Å². The van der Waals surface area contributed by atoms with Gasteiger partial charge >= 0.3 is 18.0 Å². The second-order valence-electron chi connectivity index (χ2n) is 6.59. The average Bonchev–Trinajstić information content (AvgIpc) is 2.43. The third-order valence-electron chi connectivity index (χ3n) is 2.98. The molecule has 7 nitrogen and oxygen atoms in total. The quantitative estimate of drug-likeness (QED) is 0.773. The number of benzene rings is 1. The molecular formula is C17H23NO6. The van der Waals surface area contributed by atoms with Crippen LogP contribution in [0.1, 0.15) is 39.7 Å². The fraction of sp³-hybridized carbons (Fsp3) is 0.471. The molecule has 0 aliphatic heterocycles. The third kappa shape index (κ3) is 6.68. The van der Waals surface area contributed by atoms with Crippen molar-refractivity contribution < 1.29 is 29.0 Å². The molecule has 132 valence electrons. The number of hydrogen-bond acceptors (Lipinski definition) is 5. The molecule has 2 N–H and O–H groups in total. The molecule has 24 heavy (non-hydrogen) atoms. The summed E-state index contributed by atoms with van der Waals surface area (Å²) in [5.41, 5.74) is -1.81. The number of carbonyl (C=O) groups is 3. The summed E-state index contributed by atoms with van der Waals surface area (Å²) < 4.78 is 10.1. The van der Waals surface area contributed by atoms with Gasteiger partial charge in [0.25, 0.3) is 0 Å². The SMILES string of the molecule is CC(C)(C)OC(=O)CC(C)(NC(=O)OCc1ccccc1)C(=O)O. The molecular weight excluding hydrogens is 314 g/mol. The fourth-order valence-electron chi connectivity index (χ4n) is 1.82. The summed E-state index contributed by atoms with van der Waals surface area (Å²) in [7, 11) is 0. The van der Waals surface area contributed by atoms with Crippen LogP contribution in [0.4, 0.5) is 4.79 Å². The smallest absolute Gasteiger partial charge is 0.408 e. The molecule has 0 fully saturated rings. The lowest BCUT2D eigenvalue weighted by Gasteiger charge is -2.27. The number of nitrogens with one attached hydrogen (secondary N) is 1. The van der Waals surface area contributed by atoms with Crippen LogP contribution in [0, 0.1) is 0 Å². The minimum absolute atomic E-state index is 0.00515. The highest BCUT2D eigenvalue weighted by molar-refractivity contribution is 5.89. The standard InChI is InChI=1S/C17H23NO6/c1-16(2,3)24-13(19)10-17(4,14(20)21)18-15(22)23-11-12-8-6-5-7-9-12/h5-9H,10-11H2,1-4H3,(H,18,22)(H,20,21). The molecule has 0 saturated heterocycles. The largest absolute Gasteiger partial charge is 0.479 e. The maximum absolute atomic E-state index is 11.9. The zero-order chi connectivity index (χ0) is 18.4. The van der Waals surface area contributed by atoms with E-state index < -0.39 is 35.6 Å². The van der Waals surface area contributed by atoms with E-state index in [2.05, 4.69) is 5.32 Å². The summed E-state index contributed by atoms with van der Waals surface area (Å²) in [6, 6.07) is 8.95. The van der Waals surface area contributed by atoms with Crippen LogP contribution in [0.2, 0.25) is 0 Å². The van der Waals surface area contributed by atoms with Crippen molar-refractivity contribution >= 4 is 18.0 Å². The number of aliphatic carboxylic acids is 1. The van der Waals surface area contributed by atoms with E-state index in [-0.39, 0.29) is 6.61 Å². The fourth-order valence-corrected chi connectivity index (χ4v) is 1.82. The number of carbonyl (C=O) groups excluding carboxylic acids is 2. The van der Waals surface area contributed by atoms with Crippen LogP contribution in [-0.4, -0.2) is 34.3 Å². The summed E-state index contributed by atoms with van der Waals surface area (Å²) in [4.78, 5) is 35.2. The van der Waals surface area contributed by atoms with E-state index in [0.717, 1.165) is 5.56 Å². The second-order valence-corrected chi connectivity index (χ2v) is 6.59. The van der Waals surface area contributed by atoms with Crippen molar-refractivity contribution in [1.29, 1.82) is 0 Å². The Morgan fingerprint density at radius 3 is 2.17 bits per heavy atom. The number of hydrogen-bond donors (Lipinski definition) is 2. The molecule has 1 amide bonds. The van der Waals surface area contributed by atoms with Gasteiger partial charge in [0.05, 0.1) is 6.42 Å². The minimum Gasteiger partial charge on any atom is -0.479 e. The van der Waals surface area contributed by atoms with E-state index in [1.807, 2.05) is 6.07 Å². The molecule has 0 heterocycles. The number of carboxylic acid groups (broad SMARTS) is 1. The van der Waals surface area contributed by atoms with Crippen LogP contribution in [0.3, 0.4) is 0 Å². The topological polar surface area (TPSA) is 102 Å². The van der Waals surface area contributed by atoms with Crippen molar-refractivity contribution in [3.8, 4) is 0 Å². The molecule has 1 atom stereocenters. The number of alkyl carbamates (subject to hydrolysis) is 1. The van der Waals surface area contributed by atoms with Gasteiger partial charge in [-0.1, -0.05) is 30.3 Å². The molecule has 0 aliphatic carbocycles. The van der Waals surface area contributed by atoms with Gasteiger partial charge in [-0.2, -0.15) is 0 Å². The highest BCUT2D eigenvalue weighted by Crippen LogP contribution is 2.16. The lowest BCUT2D eigenvalue weighted by Crippen LogP contribution is -2.54. The van der Waals surface area contributed by atoms with E-state index in [9.17, 15) is 19.5 Å². The highest BCUT2D eigenvalue weighted by atomic mass is 16.6. The Bertz CT molecular complexity index is 593. The van der Waals surface area contributed by atoms with Gasteiger partial charge in [0.15, 0.2) is 0 Å². The highest BCUT2D eigenvalue weighted by Gasteiger charge is 2.39. The number of ether oxygens (including phenoxy) is 2. The first-order valence-corrected chi connectivity index (χ1v) is 7.46. The van der Waals surface area contributed by atoms with Gasteiger partial charge in [0, 0.05) is 0 Å². The molecule has 0 aliphatic rings. The van der Waals surface area contributed by atoms with Crippen molar-refractivity contribution in [2.75, 3.05) is 0 Å². The molecule has 1 aromatic carbocycles. The molecule has 1 unspecified atom stereocenters. The molecule has 0 bridgehead atoms. The predicted molar refractivity (Wildman–Crippen MR) is 86.3 cm³/mol. The van der Waals surface area contributed by atoms with Gasteiger partial charge in [-0.3, -0.25) is 4.79 Å². The van der Waals surface area contributed by atoms with Crippen LogP contribution < -0.4 is 5.32 Å². The Labute approximate surface area is 141 Å². The number of carboxylic acids is 1. The average molecular weight is 337 g/mol. The number of esters is 1. The van der Waals surface area contributed by atoms with Gasteiger partial charge in [-0.05, 0) is 33.3 Å². The Hall–Kier alpha value is -2.57. The molecule has 1 aromatic rings. The van der Waals surface area contributed by atoms with Gasteiger partial charge in [0.1, 0.15) is 17.7 Å². The van der Waals surface area contributed by atoms with E-state index in [1.165, 1.54) is 6.92 Å². The summed E-state index contributed by atoms with van der Waals surface area (Å²) >= 11 is 0. The molecule has 0 aromatic heterocycles. The second kappa shape index (κ2) is 7.81. The van der Waals surface area contributed by atoms with E-state index in [0.29, 0.717) is 0 Å². The maximum Gasteiger partial charge on any atom is 0.408 e. The summed E-state index contributed by atoms with van der Waals surface area (Å²) in [6.07, 6.45) is -1.44. The maximum atomic E-state index is 11.9. The minimum atomic E-state index is -1.82. The first-order chi connectivity index (χ1) is 11.0. The van der Waals surface area contributed by atoms with Crippen LogP contribution in [0.5, 0.6) is 0 Å². The van der Waals surface area contributed by atoms with Crippen LogP contribution in [0.15, 0.2) is 30.3 Å². The third-order valence-corrected chi connectivity index (χ3v) is 2.98. The molecule has 1 rings (SSSR count). The van der Waals surface area contributed by atoms with Crippen molar-refractivity contribution in [2.24, 2.45) is 0 Å². The monoisotopic (exact) mass is 337 g/mol. The Morgan fingerprint density at radius 1 is 1.08 bits per heavy atom. The summed E-state index contributed by atoms with van der Waals surface area (Å²) in [5.74, 6) is -2.08. The van der Waals surface area contributed by atoms with Crippen molar-refractivity contribution in [2.45, 2.75) is 51.9 Å². The van der Waals surface area contributed by atoms with E-state index in [1.54, 1.807) is 45.0 Å². The Balaban J connectivity index is 2.65. The van der Waals surface area contributed by atoms with Gasteiger partial charge < -0.3 is 19.9 Å². The first-order valence-electron chi connectivity index (χ1n) is 7.46. The summed E-state index contributed by atoms with van der Waals surface area (Å²) in [6.45, 7) is 6.23. The van der Waals surface area contributed by atoms with E-state index >= 15 is 0 Å². The van der Waals surface area contributed by atoms with Crippen LogP contribution in [-0.2, 0) is 25.7 Å². The van der Waals surface area contributed by atoms with Crippen molar-refractivity contribution in [1.82, 2.24) is 5.32 Å². The molecule has 0 radical (unpaired) electrons. The number of rotatable bonds is 6. The molecule has 0 saturated carbocycles. The number of amides is 1. The normalized spacial score (nSPS) is 13.5. The first kappa shape index (κ1) is 19.5. The van der Waals surface area contributed by atoms with Gasteiger partial charge in [-0.15, -0.1) is 0 Å². The van der Waals surface area contributed by atoms with Crippen LogP contribution in [0.25, 0.3) is 0 Å². The Kier molecular flexibility index (Phi) is 6.34. The molecule has 0 spiro atoms.